The van der Waals surface area contributed by atoms with Crippen molar-refractivity contribution in [2.24, 2.45) is 5.92 Å². The number of rotatable bonds is 3. The Bertz CT molecular complexity index is 373. The van der Waals surface area contributed by atoms with Gasteiger partial charge in [0.25, 0.3) is 0 Å². The SMILES string of the molecule is N#Cc1ccccc1NCC1CCCCC1. The van der Waals surface area contributed by atoms with Crippen LogP contribution in [0.2, 0.25) is 0 Å². The van der Waals surface area contributed by atoms with Gasteiger partial charge in [0, 0.05) is 6.54 Å². The van der Waals surface area contributed by atoms with Crippen molar-refractivity contribution in [3.63, 3.8) is 0 Å². The van der Waals surface area contributed by atoms with Crippen LogP contribution in [-0.2, 0) is 0 Å². The normalized spacial score (nSPS) is 16.7. The molecule has 1 aromatic carbocycles. The molecule has 0 atom stereocenters. The zero-order valence-electron chi connectivity index (χ0n) is 9.58. The molecule has 2 nitrogen and oxygen atoms in total. The molecule has 2 heteroatoms. The van der Waals surface area contributed by atoms with Crippen LogP contribution < -0.4 is 5.32 Å². The van der Waals surface area contributed by atoms with Crippen molar-refractivity contribution in [1.82, 2.24) is 0 Å². The molecule has 1 fully saturated rings. The highest BCUT2D eigenvalue weighted by Gasteiger charge is 2.13. The third-order valence-corrected chi connectivity index (χ3v) is 3.35. The van der Waals surface area contributed by atoms with Gasteiger partial charge in [-0.15, -0.1) is 0 Å². The van der Waals surface area contributed by atoms with E-state index >= 15 is 0 Å². The first-order chi connectivity index (χ1) is 7.90. The summed E-state index contributed by atoms with van der Waals surface area (Å²) in [5.41, 5.74) is 1.73. The van der Waals surface area contributed by atoms with Gasteiger partial charge in [-0.05, 0) is 30.9 Å². The van der Waals surface area contributed by atoms with Gasteiger partial charge in [0.1, 0.15) is 6.07 Å². The maximum absolute atomic E-state index is 8.97. The van der Waals surface area contributed by atoms with Crippen LogP contribution >= 0.6 is 0 Å². The second-order valence-corrected chi connectivity index (χ2v) is 4.54. The van der Waals surface area contributed by atoms with Crippen molar-refractivity contribution in [2.75, 3.05) is 11.9 Å². The number of nitrogens with zero attached hydrogens (tertiary/aromatic N) is 1. The van der Waals surface area contributed by atoms with Gasteiger partial charge in [0.15, 0.2) is 0 Å². The average Bonchev–Trinajstić information content (AvgIpc) is 2.38. The fourth-order valence-corrected chi connectivity index (χ4v) is 2.38. The highest BCUT2D eigenvalue weighted by molar-refractivity contribution is 5.57. The molecular formula is C14H18N2. The summed E-state index contributed by atoms with van der Waals surface area (Å²) in [7, 11) is 0. The number of benzene rings is 1. The van der Waals surface area contributed by atoms with Crippen molar-refractivity contribution < 1.29 is 0 Å². The Balaban J connectivity index is 1.91. The van der Waals surface area contributed by atoms with E-state index in [1.54, 1.807) is 0 Å². The van der Waals surface area contributed by atoms with E-state index in [0.29, 0.717) is 0 Å². The van der Waals surface area contributed by atoms with Gasteiger partial charge in [0.05, 0.1) is 11.3 Å². The molecule has 1 N–H and O–H groups in total. The summed E-state index contributed by atoms with van der Waals surface area (Å²) < 4.78 is 0. The van der Waals surface area contributed by atoms with E-state index < -0.39 is 0 Å². The average molecular weight is 214 g/mol. The number of hydrogen-bond acceptors (Lipinski definition) is 2. The lowest BCUT2D eigenvalue weighted by atomic mass is 9.89. The minimum atomic E-state index is 0.748. The molecule has 1 saturated carbocycles. The summed E-state index contributed by atoms with van der Waals surface area (Å²) >= 11 is 0. The molecule has 84 valence electrons. The Morgan fingerprint density at radius 2 is 1.94 bits per heavy atom. The van der Waals surface area contributed by atoms with Crippen LogP contribution in [0.15, 0.2) is 24.3 Å². The van der Waals surface area contributed by atoms with Crippen molar-refractivity contribution in [1.29, 1.82) is 5.26 Å². The molecular weight excluding hydrogens is 196 g/mol. The predicted molar refractivity (Wildman–Crippen MR) is 66.2 cm³/mol. The monoisotopic (exact) mass is 214 g/mol. The minimum absolute atomic E-state index is 0.748. The molecule has 0 saturated heterocycles. The summed E-state index contributed by atoms with van der Waals surface area (Å²) in [5.74, 6) is 0.792. The smallest absolute Gasteiger partial charge is 0.101 e. The summed E-state index contributed by atoms with van der Waals surface area (Å²) in [6.45, 7) is 1.01. The second kappa shape index (κ2) is 5.55. The lowest BCUT2D eigenvalue weighted by Gasteiger charge is -2.22. The van der Waals surface area contributed by atoms with Crippen LogP contribution in [0, 0.1) is 17.2 Å². The molecule has 0 radical (unpaired) electrons. The van der Waals surface area contributed by atoms with E-state index in [0.717, 1.165) is 23.7 Å². The van der Waals surface area contributed by atoms with Gasteiger partial charge < -0.3 is 5.32 Å². The van der Waals surface area contributed by atoms with Crippen LogP contribution in [0.25, 0.3) is 0 Å². The molecule has 1 aromatic rings. The molecule has 0 heterocycles. The lowest BCUT2D eigenvalue weighted by Crippen LogP contribution is -2.17. The first-order valence-electron chi connectivity index (χ1n) is 6.13. The van der Waals surface area contributed by atoms with Crippen LogP contribution in [-0.4, -0.2) is 6.54 Å². The Morgan fingerprint density at radius 3 is 2.69 bits per heavy atom. The summed E-state index contributed by atoms with van der Waals surface area (Å²) in [4.78, 5) is 0. The fraction of sp³-hybridized carbons (Fsp3) is 0.500. The first-order valence-corrected chi connectivity index (χ1v) is 6.13. The maximum atomic E-state index is 8.97. The highest BCUT2D eigenvalue weighted by Crippen LogP contribution is 2.24. The van der Waals surface area contributed by atoms with Gasteiger partial charge in [-0.2, -0.15) is 5.26 Å². The number of hydrogen-bond donors (Lipinski definition) is 1. The molecule has 1 aliphatic rings. The summed E-state index contributed by atoms with van der Waals surface area (Å²) in [5, 5.41) is 12.4. The molecule has 0 aliphatic heterocycles. The van der Waals surface area contributed by atoms with Gasteiger partial charge in [-0.1, -0.05) is 31.4 Å². The predicted octanol–water partition coefficient (Wildman–Crippen LogP) is 3.55. The standard InChI is InChI=1S/C14H18N2/c15-10-13-8-4-5-9-14(13)16-11-12-6-2-1-3-7-12/h4-5,8-9,12,16H,1-3,6-7,11H2. The minimum Gasteiger partial charge on any atom is -0.384 e. The van der Waals surface area contributed by atoms with Crippen LogP contribution in [0.5, 0.6) is 0 Å². The largest absolute Gasteiger partial charge is 0.384 e. The van der Waals surface area contributed by atoms with Crippen molar-refractivity contribution >= 4 is 5.69 Å². The molecule has 1 aliphatic carbocycles. The molecule has 0 bridgehead atoms. The van der Waals surface area contributed by atoms with Crippen molar-refractivity contribution in [3.05, 3.63) is 29.8 Å². The Kier molecular flexibility index (Phi) is 3.82. The fourth-order valence-electron chi connectivity index (χ4n) is 2.38. The Labute approximate surface area is 97.3 Å². The quantitative estimate of drug-likeness (QED) is 0.835. The van der Waals surface area contributed by atoms with E-state index in [1.165, 1.54) is 32.1 Å². The number of nitrogens with one attached hydrogen (secondary N) is 1. The van der Waals surface area contributed by atoms with Gasteiger partial charge >= 0.3 is 0 Å². The van der Waals surface area contributed by atoms with Gasteiger partial charge in [-0.25, -0.2) is 0 Å². The number of anilines is 1. The van der Waals surface area contributed by atoms with Crippen LogP contribution in [0.4, 0.5) is 5.69 Å². The van der Waals surface area contributed by atoms with E-state index in [4.69, 9.17) is 5.26 Å². The molecule has 0 aromatic heterocycles. The molecule has 0 amide bonds. The number of para-hydroxylation sites is 1. The van der Waals surface area contributed by atoms with Gasteiger partial charge in [-0.3, -0.25) is 0 Å². The second-order valence-electron chi connectivity index (χ2n) is 4.54. The van der Waals surface area contributed by atoms with Crippen molar-refractivity contribution in [3.8, 4) is 6.07 Å². The van der Waals surface area contributed by atoms with E-state index in [9.17, 15) is 0 Å². The molecule has 2 rings (SSSR count). The number of nitriles is 1. The highest BCUT2D eigenvalue weighted by atomic mass is 14.9. The van der Waals surface area contributed by atoms with Crippen molar-refractivity contribution in [2.45, 2.75) is 32.1 Å². The summed E-state index contributed by atoms with van der Waals surface area (Å²) in [6.07, 6.45) is 6.80. The third kappa shape index (κ3) is 2.76. The lowest BCUT2D eigenvalue weighted by molar-refractivity contribution is 0.373. The summed E-state index contributed by atoms with van der Waals surface area (Å²) in [6, 6.07) is 9.96. The molecule has 16 heavy (non-hydrogen) atoms. The van der Waals surface area contributed by atoms with Gasteiger partial charge in [0.2, 0.25) is 0 Å². The van der Waals surface area contributed by atoms with E-state index in [1.807, 2.05) is 24.3 Å². The van der Waals surface area contributed by atoms with E-state index in [-0.39, 0.29) is 0 Å². The molecule has 0 unspecified atom stereocenters. The zero-order valence-corrected chi connectivity index (χ0v) is 9.58. The van der Waals surface area contributed by atoms with Crippen LogP contribution in [0.1, 0.15) is 37.7 Å². The molecule has 0 spiro atoms. The maximum Gasteiger partial charge on any atom is 0.101 e. The first kappa shape index (κ1) is 11.0. The zero-order chi connectivity index (χ0) is 11.2. The third-order valence-electron chi connectivity index (χ3n) is 3.35. The Morgan fingerprint density at radius 1 is 1.19 bits per heavy atom. The van der Waals surface area contributed by atoms with E-state index in [2.05, 4.69) is 11.4 Å². The van der Waals surface area contributed by atoms with Crippen LogP contribution in [0.3, 0.4) is 0 Å². The topological polar surface area (TPSA) is 35.8 Å². The Hall–Kier alpha value is -1.49.